The van der Waals surface area contributed by atoms with Gasteiger partial charge in [-0.15, -0.1) is 0 Å². The van der Waals surface area contributed by atoms with E-state index in [1.165, 1.54) is 4.90 Å². The van der Waals surface area contributed by atoms with Crippen LogP contribution < -0.4 is 0 Å². The van der Waals surface area contributed by atoms with Crippen molar-refractivity contribution in [2.75, 3.05) is 13.1 Å². The largest absolute Gasteiger partial charge is 0.393 e. The summed E-state index contributed by atoms with van der Waals surface area (Å²) in [6, 6.07) is 2.96. The van der Waals surface area contributed by atoms with Gasteiger partial charge in [-0.25, -0.2) is 4.39 Å². The van der Waals surface area contributed by atoms with E-state index in [-0.39, 0.29) is 17.4 Å². The second kappa shape index (κ2) is 5.07. The topological polar surface area (TPSA) is 83.7 Å². The van der Waals surface area contributed by atoms with E-state index in [1.807, 2.05) is 0 Å². The first-order valence-electron chi connectivity index (χ1n) is 6.88. The summed E-state index contributed by atoms with van der Waals surface area (Å²) in [4.78, 5) is 24.2. The molecule has 112 valence electrons. The van der Waals surface area contributed by atoms with Crippen LogP contribution in [0.5, 0.6) is 0 Å². The molecule has 3 atom stereocenters. The van der Waals surface area contributed by atoms with Gasteiger partial charge in [-0.1, -0.05) is 0 Å². The molecule has 1 aliphatic heterocycles. The number of halogens is 1. The minimum Gasteiger partial charge on any atom is -0.393 e. The number of amides is 1. The maximum atomic E-state index is 13.1. The van der Waals surface area contributed by atoms with Crippen molar-refractivity contribution in [2.24, 2.45) is 11.8 Å². The van der Waals surface area contributed by atoms with Crippen LogP contribution in [-0.4, -0.2) is 40.0 Å². The molecule has 1 saturated carbocycles. The number of rotatable bonds is 2. The van der Waals surface area contributed by atoms with Gasteiger partial charge in [0.05, 0.1) is 17.1 Å². The summed E-state index contributed by atoms with van der Waals surface area (Å²) in [5, 5.41) is 20.8. The highest BCUT2D eigenvalue weighted by Gasteiger charge is 2.44. The number of fused-ring (bicyclic) bond motifs is 1. The maximum Gasteiger partial charge on any atom is 0.285 e. The minimum atomic E-state index is -0.748. The molecule has 6 nitrogen and oxygen atoms in total. The number of nitrogens with zero attached hydrogens (tertiary/aromatic N) is 2. The van der Waals surface area contributed by atoms with E-state index in [0.29, 0.717) is 13.1 Å². The van der Waals surface area contributed by atoms with Gasteiger partial charge in [0.2, 0.25) is 0 Å². The van der Waals surface area contributed by atoms with Gasteiger partial charge >= 0.3 is 0 Å². The lowest BCUT2D eigenvalue weighted by atomic mass is 10.00. The smallest absolute Gasteiger partial charge is 0.285 e. The Morgan fingerprint density at radius 1 is 1.38 bits per heavy atom. The maximum absolute atomic E-state index is 13.1. The van der Waals surface area contributed by atoms with Gasteiger partial charge in [0, 0.05) is 19.0 Å². The highest BCUT2D eigenvalue weighted by Crippen LogP contribution is 2.39. The molecule has 3 unspecified atom stereocenters. The van der Waals surface area contributed by atoms with Gasteiger partial charge in [-0.2, -0.15) is 0 Å². The number of aliphatic hydroxyl groups excluding tert-OH is 1. The van der Waals surface area contributed by atoms with Crippen LogP contribution in [0.15, 0.2) is 18.2 Å². The summed E-state index contributed by atoms with van der Waals surface area (Å²) >= 11 is 0. The molecular formula is C14H15FN2O4. The molecule has 7 heteroatoms. The van der Waals surface area contributed by atoms with Crippen molar-refractivity contribution in [3.05, 3.63) is 39.7 Å². The molecule has 1 saturated heterocycles. The number of hydrogen-bond acceptors (Lipinski definition) is 4. The molecule has 21 heavy (non-hydrogen) atoms. The molecule has 1 heterocycles. The Morgan fingerprint density at radius 3 is 2.81 bits per heavy atom. The van der Waals surface area contributed by atoms with Gasteiger partial charge in [0.25, 0.3) is 11.6 Å². The molecule has 0 radical (unpaired) electrons. The molecule has 1 N–H and O–H groups in total. The molecule has 2 aliphatic rings. The van der Waals surface area contributed by atoms with Crippen LogP contribution in [0.25, 0.3) is 0 Å². The number of carbonyl (C=O) groups excluding carboxylic acids is 1. The van der Waals surface area contributed by atoms with E-state index in [0.717, 1.165) is 31.0 Å². The first kappa shape index (κ1) is 13.9. The average Bonchev–Trinajstić information content (AvgIpc) is 3.00. The summed E-state index contributed by atoms with van der Waals surface area (Å²) < 4.78 is 13.1. The first-order chi connectivity index (χ1) is 9.97. The summed E-state index contributed by atoms with van der Waals surface area (Å²) in [6.07, 6.45) is 1.20. The third kappa shape index (κ3) is 2.37. The second-order valence-electron chi connectivity index (χ2n) is 5.70. The lowest BCUT2D eigenvalue weighted by Crippen LogP contribution is -2.31. The number of nitro groups is 1. The zero-order valence-electron chi connectivity index (χ0n) is 11.2. The molecule has 1 amide bonds. The van der Waals surface area contributed by atoms with Crippen LogP contribution in [-0.2, 0) is 0 Å². The number of benzene rings is 1. The Labute approximate surface area is 120 Å². The summed E-state index contributed by atoms with van der Waals surface area (Å²) in [5.74, 6) is -0.910. The van der Waals surface area contributed by atoms with E-state index in [1.54, 1.807) is 0 Å². The van der Waals surface area contributed by atoms with Crippen molar-refractivity contribution in [1.29, 1.82) is 0 Å². The molecule has 3 rings (SSSR count). The van der Waals surface area contributed by atoms with E-state index in [2.05, 4.69) is 0 Å². The second-order valence-corrected chi connectivity index (χ2v) is 5.70. The lowest BCUT2D eigenvalue weighted by Gasteiger charge is -2.18. The fourth-order valence-electron chi connectivity index (χ4n) is 3.41. The van der Waals surface area contributed by atoms with Crippen molar-refractivity contribution in [3.8, 4) is 0 Å². The fourth-order valence-corrected chi connectivity index (χ4v) is 3.41. The average molecular weight is 294 g/mol. The highest BCUT2D eigenvalue weighted by atomic mass is 19.1. The van der Waals surface area contributed by atoms with E-state index < -0.39 is 28.4 Å². The predicted octanol–water partition coefficient (Wildman–Crippen LogP) is 1.58. The van der Waals surface area contributed by atoms with Gasteiger partial charge in [0.1, 0.15) is 11.4 Å². The molecule has 0 aromatic heterocycles. The Kier molecular flexibility index (Phi) is 3.36. The summed E-state index contributed by atoms with van der Waals surface area (Å²) in [7, 11) is 0. The van der Waals surface area contributed by atoms with Crippen molar-refractivity contribution >= 4 is 11.6 Å². The SMILES string of the molecule is O=C(c1ccc(F)cc1[N+](=O)[O-])N1CC2CCC(O)C2C1. The lowest BCUT2D eigenvalue weighted by molar-refractivity contribution is -0.385. The molecular weight excluding hydrogens is 279 g/mol. The monoisotopic (exact) mass is 294 g/mol. The first-order valence-corrected chi connectivity index (χ1v) is 6.88. The molecule has 1 aliphatic carbocycles. The van der Waals surface area contributed by atoms with E-state index in [9.17, 15) is 24.4 Å². The van der Waals surface area contributed by atoms with Crippen molar-refractivity contribution < 1.29 is 19.2 Å². The van der Waals surface area contributed by atoms with Crippen molar-refractivity contribution in [1.82, 2.24) is 4.90 Å². The highest BCUT2D eigenvalue weighted by molar-refractivity contribution is 5.98. The third-order valence-corrected chi connectivity index (χ3v) is 4.49. The number of aliphatic hydroxyl groups is 1. The molecule has 1 aromatic rings. The zero-order valence-corrected chi connectivity index (χ0v) is 11.2. The number of carbonyl (C=O) groups is 1. The number of hydrogen-bond donors (Lipinski definition) is 1. The minimum absolute atomic E-state index is 0.0495. The zero-order chi connectivity index (χ0) is 15.1. The van der Waals surface area contributed by atoms with E-state index >= 15 is 0 Å². The van der Waals surface area contributed by atoms with E-state index in [4.69, 9.17) is 0 Å². The normalized spacial score (nSPS) is 27.7. The summed E-state index contributed by atoms with van der Waals surface area (Å²) in [5.41, 5.74) is -0.617. The van der Waals surface area contributed by atoms with Gasteiger partial charge in [0.15, 0.2) is 0 Å². The number of nitro benzene ring substituents is 1. The Balaban J connectivity index is 1.85. The summed E-state index contributed by atoms with van der Waals surface area (Å²) in [6.45, 7) is 0.897. The molecule has 0 spiro atoms. The fraction of sp³-hybridized carbons (Fsp3) is 0.500. The van der Waals surface area contributed by atoms with Crippen molar-refractivity contribution in [2.45, 2.75) is 18.9 Å². The van der Waals surface area contributed by atoms with Crippen LogP contribution >= 0.6 is 0 Å². The molecule has 1 aromatic carbocycles. The molecule has 2 fully saturated rings. The quantitative estimate of drug-likeness (QED) is 0.663. The number of likely N-dealkylation sites (tertiary alicyclic amines) is 1. The Hall–Kier alpha value is -2.02. The van der Waals surface area contributed by atoms with Gasteiger partial charge < -0.3 is 10.0 Å². The van der Waals surface area contributed by atoms with Gasteiger partial charge in [-0.3, -0.25) is 14.9 Å². The van der Waals surface area contributed by atoms with Crippen LogP contribution in [0.1, 0.15) is 23.2 Å². The third-order valence-electron chi connectivity index (χ3n) is 4.49. The van der Waals surface area contributed by atoms with Crippen LogP contribution in [0.3, 0.4) is 0 Å². The van der Waals surface area contributed by atoms with Crippen LogP contribution in [0.4, 0.5) is 10.1 Å². The van der Waals surface area contributed by atoms with Crippen LogP contribution in [0, 0.1) is 27.8 Å². The standard InChI is InChI=1S/C14H15FN2O4/c15-9-2-3-10(12(5-9)17(20)21)14(19)16-6-8-1-4-13(18)11(8)7-16/h2-3,5,8,11,13,18H,1,4,6-7H2. The van der Waals surface area contributed by atoms with Gasteiger partial charge in [-0.05, 0) is 30.9 Å². The Bertz CT molecular complexity index is 607. The predicted molar refractivity (Wildman–Crippen MR) is 71.2 cm³/mol. The molecule has 0 bridgehead atoms. The Morgan fingerprint density at radius 2 is 2.14 bits per heavy atom. The van der Waals surface area contributed by atoms with Crippen molar-refractivity contribution in [3.63, 3.8) is 0 Å². The van der Waals surface area contributed by atoms with Crippen LogP contribution in [0.2, 0.25) is 0 Å².